The van der Waals surface area contributed by atoms with Crippen LogP contribution in [-0.4, -0.2) is 44.4 Å². The molecule has 3 amide bonds. The lowest BCUT2D eigenvalue weighted by atomic mass is 9.97. The summed E-state index contributed by atoms with van der Waals surface area (Å²) in [5, 5.41) is 20.5. The van der Waals surface area contributed by atoms with E-state index in [2.05, 4.69) is 21.3 Å². The van der Waals surface area contributed by atoms with Gasteiger partial charge in [-0.2, -0.15) is 5.26 Å². The number of hydrogen-bond acceptors (Lipinski definition) is 6. The van der Waals surface area contributed by atoms with Crippen molar-refractivity contribution in [2.75, 3.05) is 26.0 Å². The Labute approximate surface area is 224 Å². The van der Waals surface area contributed by atoms with Crippen LogP contribution in [0.15, 0.2) is 65.1 Å². The fraction of sp³-hybridized carbons (Fsp3) is 0.172. The Balaban J connectivity index is 1.86. The summed E-state index contributed by atoms with van der Waals surface area (Å²) in [5.41, 5.74) is 3.57. The minimum atomic E-state index is -1.34. The summed E-state index contributed by atoms with van der Waals surface area (Å²) < 4.78 is 19.7. The molecule has 0 aliphatic rings. The smallest absolute Gasteiger partial charge is 0.257 e. The summed E-state index contributed by atoms with van der Waals surface area (Å²) in [4.78, 5) is 37.7. The Bertz CT molecular complexity index is 1600. The van der Waals surface area contributed by atoms with E-state index in [1.54, 1.807) is 54.6 Å². The molecule has 3 aromatic carbocycles. The van der Waals surface area contributed by atoms with Crippen molar-refractivity contribution >= 4 is 34.4 Å². The minimum Gasteiger partial charge on any atom is -0.455 e. The molecule has 0 spiro atoms. The fourth-order valence-electron chi connectivity index (χ4n) is 4.22. The molecule has 0 aliphatic heterocycles. The monoisotopic (exact) mass is 527 g/mol. The summed E-state index contributed by atoms with van der Waals surface area (Å²) in [7, 11) is 2.89. The number of furan rings is 1. The zero-order valence-electron chi connectivity index (χ0n) is 21.5. The molecular formula is C29H26FN5O4. The van der Waals surface area contributed by atoms with Crippen LogP contribution >= 0.6 is 0 Å². The Morgan fingerprint density at radius 3 is 2.36 bits per heavy atom. The standard InChI is InChI=1S/C29H26FN5O4/c1-4-34-22-14-24-21(25(29(38)33-3)26(39-24)16-8-10-19(30)11-9-16)13-20(22)17-6-5-7-18(12-17)27(36)35-23(15-31)28(37)32-2/h5-14,23,34H,4H2,1-3H3,(H,32,37)(H,33,38)(H,35,36). The number of nitrogens with zero attached hydrogens (tertiary/aromatic N) is 1. The normalized spacial score (nSPS) is 11.4. The quantitative estimate of drug-likeness (QED) is 0.273. The van der Waals surface area contributed by atoms with Crippen molar-refractivity contribution in [2.45, 2.75) is 13.0 Å². The first-order valence-corrected chi connectivity index (χ1v) is 12.2. The number of nitriles is 1. The number of anilines is 1. The van der Waals surface area contributed by atoms with E-state index in [-0.39, 0.29) is 11.5 Å². The molecule has 0 saturated heterocycles. The number of fused-ring (bicyclic) bond motifs is 1. The predicted octanol–water partition coefficient (Wildman–Crippen LogP) is 4.07. The van der Waals surface area contributed by atoms with Crippen molar-refractivity contribution in [2.24, 2.45) is 0 Å². The number of rotatable bonds is 8. The van der Waals surface area contributed by atoms with E-state index in [0.717, 1.165) is 0 Å². The van der Waals surface area contributed by atoms with Crippen LogP contribution < -0.4 is 21.3 Å². The van der Waals surface area contributed by atoms with Crippen LogP contribution in [0.2, 0.25) is 0 Å². The van der Waals surface area contributed by atoms with Crippen LogP contribution in [0.4, 0.5) is 10.1 Å². The van der Waals surface area contributed by atoms with Gasteiger partial charge in [-0.25, -0.2) is 4.39 Å². The van der Waals surface area contributed by atoms with Gasteiger partial charge in [0.1, 0.15) is 17.2 Å². The second-order valence-electron chi connectivity index (χ2n) is 8.55. The van der Waals surface area contributed by atoms with E-state index in [1.165, 1.54) is 26.2 Å². The van der Waals surface area contributed by atoms with E-state index in [9.17, 15) is 24.0 Å². The molecule has 1 heterocycles. The third-order valence-electron chi connectivity index (χ3n) is 6.10. The second-order valence-corrected chi connectivity index (χ2v) is 8.55. The van der Waals surface area contributed by atoms with Crippen LogP contribution in [-0.2, 0) is 4.79 Å². The Kier molecular flexibility index (Phi) is 7.91. The van der Waals surface area contributed by atoms with Gasteiger partial charge in [-0.05, 0) is 55.0 Å². The van der Waals surface area contributed by atoms with Crippen molar-refractivity contribution in [1.29, 1.82) is 5.26 Å². The summed E-state index contributed by atoms with van der Waals surface area (Å²) in [6.45, 7) is 2.52. The molecule has 4 aromatic rings. The maximum absolute atomic E-state index is 13.6. The third kappa shape index (κ3) is 5.43. The highest BCUT2D eigenvalue weighted by Gasteiger charge is 2.24. The van der Waals surface area contributed by atoms with Crippen molar-refractivity contribution in [3.63, 3.8) is 0 Å². The van der Waals surface area contributed by atoms with Crippen molar-refractivity contribution in [1.82, 2.24) is 16.0 Å². The molecule has 198 valence electrons. The van der Waals surface area contributed by atoms with Gasteiger partial charge in [0.2, 0.25) is 0 Å². The topological polar surface area (TPSA) is 136 Å². The molecule has 0 saturated carbocycles. The first-order valence-electron chi connectivity index (χ1n) is 12.2. The van der Waals surface area contributed by atoms with E-state index in [4.69, 9.17) is 4.42 Å². The Morgan fingerprint density at radius 2 is 1.72 bits per heavy atom. The second kappa shape index (κ2) is 11.5. The Hall–Kier alpha value is -5.17. The van der Waals surface area contributed by atoms with Crippen molar-refractivity contribution in [3.05, 3.63) is 77.6 Å². The van der Waals surface area contributed by atoms with Crippen LogP contribution in [0.5, 0.6) is 0 Å². The SMILES string of the molecule is CCNc1cc2oc(-c3ccc(F)cc3)c(C(=O)NC)c2cc1-c1cccc(C(=O)NC(C#N)C(=O)NC)c1. The zero-order chi connectivity index (χ0) is 28.1. The van der Waals surface area contributed by atoms with E-state index in [1.807, 2.05) is 6.92 Å². The molecule has 0 bridgehead atoms. The number of carbonyl (C=O) groups is 3. The maximum atomic E-state index is 13.6. The number of carbonyl (C=O) groups excluding carboxylic acids is 3. The molecule has 4 rings (SSSR count). The van der Waals surface area contributed by atoms with Crippen LogP contribution in [0.3, 0.4) is 0 Å². The highest BCUT2D eigenvalue weighted by atomic mass is 19.1. The summed E-state index contributed by atoms with van der Waals surface area (Å²) in [6.07, 6.45) is 0. The highest BCUT2D eigenvalue weighted by molar-refractivity contribution is 6.13. The Morgan fingerprint density at radius 1 is 0.974 bits per heavy atom. The molecule has 0 fully saturated rings. The molecule has 0 radical (unpaired) electrons. The van der Waals surface area contributed by atoms with Gasteiger partial charge in [0.05, 0.1) is 11.6 Å². The molecule has 10 heteroatoms. The molecule has 0 aliphatic carbocycles. The molecule has 9 nitrogen and oxygen atoms in total. The summed E-state index contributed by atoms with van der Waals surface area (Å²) in [6, 6.07) is 16.4. The minimum absolute atomic E-state index is 0.241. The van der Waals surface area contributed by atoms with Gasteiger partial charge >= 0.3 is 0 Å². The average molecular weight is 528 g/mol. The molecular weight excluding hydrogens is 501 g/mol. The number of halogens is 1. The number of hydrogen-bond donors (Lipinski definition) is 4. The molecule has 1 aromatic heterocycles. The largest absolute Gasteiger partial charge is 0.455 e. The molecule has 1 unspecified atom stereocenters. The van der Waals surface area contributed by atoms with Gasteiger partial charge in [-0.15, -0.1) is 0 Å². The van der Waals surface area contributed by atoms with Crippen LogP contribution in [0.25, 0.3) is 33.4 Å². The van der Waals surface area contributed by atoms with Crippen LogP contribution in [0.1, 0.15) is 27.6 Å². The van der Waals surface area contributed by atoms with Gasteiger partial charge in [0.25, 0.3) is 17.7 Å². The van der Waals surface area contributed by atoms with Gasteiger partial charge in [-0.3, -0.25) is 14.4 Å². The average Bonchev–Trinajstić information content (AvgIpc) is 3.33. The van der Waals surface area contributed by atoms with Crippen molar-refractivity contribution < 1.29 is 23.2 Å². The van der Waals surface area contributed by atoms with Gasteiger partial charge < -0.3 is 25.7 Å². The lowest BCUT2D eigenvalue weighted by molar-refractivity contribution is -0.121. The number of likely N-dealkylation sites (N-methyl/N-ethyl adjacent to an activating group) is 1. The number of nitrogens with one attached hydrogen (secondary N) is 4. The third-order valence-corrected chi connectivity index (χ3v) is 6.10. The van der Waals surface area contributed by atoms with Crippen molar-refractivity contribution in [3.8, 4) is 28.5 Å². The molecule has 1 atom stereocenters. The van der Waals surface area contributed by atoms with Crippen LogP contribution in [0, 0.1) is 17.1 Å². The zero-order valence-corrected chi connectivity index (χ0v) is 21.5. The van der Waals surface area contributed by atoms with Gasteiger partial charge in [-0.1, -0.05) is 12.1 Å². The molecule has 4 N–H and O–H groups in total. The lowest BCUT2D eigenvalue weighted by Crippen LogP contribution is -2.44. The van der Waals surface area contributed by atoms with E-state index < -0.39 is 23.7 Å². The van der Waals surface area contributed by atoms with Gasteiger partial charge in [0.15, 0.2) is 6.04 Å². The first-order chi connectivity index (χ1) is 18.8. The maximum Gasteiger partial charge on any atom is 0.257 e. The van der Waals surface area contributed by atoms with Gasteiger partial charge in [0, 0.05) is 54.5 Å². The number of amides is 3. The number of benzene rings is 3. The predicted molar refractivity (Wildman–Crippen MR) is 146 cm³/mol. The van der Waals surface area contributed by atoms with E-state index in [0.29, 0.717) is 51.2 Å². The molecule has 39 heavy (non-hydrogen) atoms. The summed E-state index contributed by atoms with van der Waals surface area (Å²) in [5.74, 6) is -1.70. The first kappa shape index (κ1) is 26.9. The fourth-order valence-corrected chi connectivity index (χ4v) is 4.22. The highest BCUT2D eigenvalue weighted by Crippen LogP contribution is 2.40. The van der Waals surface area contributed by atoms with E-state index >= 15 is 0 Å². The summed E-state index contributed by atoms with van der Waals surface area (Å²) >= 11 is 0. The lowest BCUT2D eigenvalue weighted by Gasteiger charge is -2.14.